The average Bonchev–Trinajstić information content (AvgIpc) is 2.56. The Kier molecular flexibility index (Phi) is 6.81. The number of halogens is 3. The molecule has 0 aliphatic rings. The van der Waals surface area contributed by atoms with E-state index in [1.54, 1.807) is 6.07 Å². The number of ether oxygens (including phenoxy) is 1. The number of alkyl halides is 3. The van der Waals surface area contributed by atoms with Crippen LogP contribution in [0.3, 0.4) is 0 Å². The minimum absolute atomic E-state index is 0.126. The van der Waals surface area contributed by atoms with Crippen LogP contribution >= 0.6 is 0 Å². The van der Waals surface area contributed by atoms with Crippen molar-refractivity contribution in [1.82, 2.24) is 5.32 Å². The molecule has 4 N–H and O–H groups in total. The fraction of sp³-hybridized carbons (Fsp3) is 0.333. The van der Waals surface area contributed by atoms with Gasteiger partial charge in [0.2, 0.25) is 0 Å². The van der Waals surface area contributed by atoms with Crippen LogP contribution in [-0.2, 0) is 13.0 Å². The molecule has 0 saturated heterocycles. The van der Waals surface area contributed by atoms with Crippen LogP contribution in [0, 0.1) is 0 Å². The normalized spacial score (nSPS) is 14.1. The van der Waals surface area contributed by atoms with E-state index in [-0.39, 0.29) is 18.8 Å². The maximum atomic E-state index is 12.4. The van der Waals surface area contributed by atoms with Crippen LogP contribution in [0.1, 0.15) is 11.1 Å². The predicted octanol–water partition coefficient (Wildman–Crippen LogP) is 2.61. The highest BCUT2D eigenvalue weighted by molar-refractivity contribution is 5.33. The lowest BCUT2D eigenvalue weighted by atomic mass is 10.0. The van der Waals surface area contributed by atoms with E-state index in [9.17, 15) is 18.3 Å². The third kappa shape index (κ3) is 6.74. The molecule has 0 aromatic heterocycles. The summed E-state index contributed by atoms with van der Waals surface area (Å²) in [6, 6.07) is 14.9. The first-order valence-corrected chi connectivity index (χ1v) is 7.87. The zero-order valence-electron chi connectivity index (χ0n) is 13.5. The molecule has 0 spiro atoms. The second-order valence-corrected chi connectivity index (χ2v) is 5.71. The molecule has 7 heteroatoms. The minimum atomic E-state index is -4.74. The van der Waals surface area contributed by atoms with Crippen molar-refractivity contribution in [3.8, 4) is 5.75 Å². The molecule has 0 fully saturated rings. The highest BCUT2D eigenvalue weighted by atomic mass is 19.4. The lowest BCUT2D eigenvalue weighted by Crippen LogP contribution is -2.43. The number of nitrogens with one attached hydrogen (secondary N) is 1. The number of benzene rings is 2. The number of rotatable bonds is 8. The van der Waals surface area contributed by atoms with E-state index in [4.69, 9.17) is 5.73 Å². The largest absolute Gasteiger partial charge is 0.573 e. The number of nitrogens with two attached hydrogens (primary N) is 1. The number of aliphatic hydroxyl groups excluding tert-OH is 1. The standard InChI is InChI=1S/C18H21F3N2O2/c19-18(20,21)25-17-9-5-4-8-14(17)11-23-12-16(24)15(22)10-13-6-2-1-3-7-13/h1-9,15-16,23-24H,10-12,22H2/t15-,16+/m0/s1. The van der Waals surface area contributed by atoms with E-state index in [1.165, 1.54) is 18.2 Å². The van der Waals surface area contributed by atoms with Gasteiger partial charge in [-0.2, -0.15) is 0 Å². The summed E-state index contributed by atoms with van der Waals surface area (Å²) >= 11 is 0. The van der Waals surface area contributed by atoms with Crippen molar-refractivity contribution < 1.29 is 23.0 Å². The van der Waals surface area contributed by atoms with Crippen LogP contribution in [0.2, 0.25) is 0 Å². The monoisotopic (exact) mass is 354 g/mol. The van der Waals surface area contributed by atoms with Gasteiger partial charge in [-0.3, -0.25) is 0 Å². The molecule has 25 heavy (non-hydrogen) atoms. The van der Waals surface area contributed by atoms with Crippen LogP contribution in [0.5, 0.6) is 5.75 Å². The minimum Gasteiger partial charge on any atom is -0.405 e. The molecule has 0 aliphatic heterocycles. The summed E-state index contributed by atoms with van der Waals surface area (Å²) in [7, 11) is 0. The van der Waals surface area contributed by atoms with Crippen molar-refractivity contribution in [1.29, 1.82) is 0 Å². The van der Waals surface area contributed by atoms with Crippen molar-refractivity contribution in [3.63, 3.8) is 0 Å². The van der Waals surface area contributed by atoms with Crippen molar-refractivity contribution in [2.24, 2.45) is 5.73 Å². The van der Waals surface area contributed by atoms with Crippen molar-refractivity contribution >= 4 is 0 Å². The summed E-state index contributed by atoms with van der Waals surface area (Å²) in [5, 5.41) is 13.0. The van der Waals surface area contributed by atoms with Crippen LogP contribution in [0.25, 0.3) is 0 Å². The fourth-order valence-corrected chi connectivity index (χ4v) is 2.40. The summed E-state index contributed by atoms with van der Waals surface area (Å²) in [4.78, 5) is 0. The molecule has 2 aromatic rings. The van der Waals surface area contributed by atoms with Crippen molar-refractivity contribution in [2.75, 3.05) is 6.54 Å². The SMILES string of the molecule is N[C@@H](Cc1ccccc1)[C@H](O)CNCc1ccccc1OC(F)(F)F. The maximum absolute atomic E-state index is 12.4. The van der Waals surface area contributed by atoms with Gasteiger partial charge in [-0.1, -0.05) is 48.5 Å². The molecule has 0 aliphatic carbocycles. The second-order valence-electron chi connectivity index (χ2n) is 5.71. The molecule has 0 heterocycles. The molecular formula is C18H21F3N2O2. The summed E-state index contributed by atoms with van der Waals surface area (Å²) in [5.74, 6) is -0.259. The van der Waals surface area contributed by atoms with Gasteiger partial charge >= 0.3 is 6.36 Å². The molecule has 0 bridgehead atoms. The summed E-state index contributed by atoms with van der Waals surface area (Å²) in [6.45, 7) is 0.287. The maximum Gasteiger partial charge on any atom is 0.573 e. The summed E-state index contributed by atoms with van der Waals surface area (Å²) in [6.07, 6.45) is -5.05. The molecule has 2 atom stereocenters. The molecule has 0 unspecified atom stereocenters. The number of hydrogen-bond acceptors (Lipinski definition) is 4. The quantitative estimate of drug-likeness (QED) is 0.682. The molecule has 2 aromatic carbocycles. The first-order valence-electron chi connectivity index (χ1n) is 7.87. The Labute approximate surface area is 144 Å². The van der Waals surface area contributed by atoms with E-state index in [0.717, 1.165) is 5.56 Å². The van der Waals surface area contributed by atoms with Gasteiger partial charge in [0, 0.05) is 24.7 Å². The van der Waals surface area contributed by atoms with Gasteiger partial charge < -0.3 is 20.9 Å². The smallest absolute Gasteiger partial charge is 0.405 e. The van der Waals surface area contributed by atoms with Crippen LogP contribution in [0.4, 0.5) is 13.2 Å². The summed E-state index contributed by atoms with van der Waals surface area (Å²) in [5.41, 5.74) is 7.34. The van der Waals surface area contributed by atoms with E-state index in [2.05, 4.69) is 10.1 Å². The molecule has 0 amide bonds. The van der Waals surface area contributed by atoms with Gasteiger partial charge in [0.15, 0.2) is 0 Å². The lowest BCUT2D eigenvalue weighted by molar-refractivity contribution is -0.274. The topological polar surface area (TPSA) is 67.5 Å². The van der Waals surface area contributed by atoms with E-state index < -0.39 is 18.5 Å². The van der Waals surface area contributed by atoms with Gasteiger partial charge in [0.1, 0.15) is 5.75 Å². The van der Waals surface area contributed by atoms with Crippen LogP contribution in [-0.4, -0.2) is 30.2 Å². The average molecular weight is 354 g/mol. The Bertz CT molecular complexity index is 650. The third-order valence-electron chi connectivity index (χ3n) is 3.68. The number of hydrogen-bond donors (Lipinski definition) is 3. The first kappa shape index (κ1) is 19.2. The molecular weight excluding hydrogens is 333 g/mol. The molecule has 2 rings (SSSR count). The highest BCUT2D eigenvalue weighted by Gasteiger charge is 2.31. The van der Waals surface area contributed by atoms with Gasteiger partial charge in [-0.05, 0) is 18.1 Å². The van der Waals surface area contributed by atoms with Gasteiger partial charge in [0.25, 0.3) is 0 Å². The van der Waals surface area contributed by atoms with Gasteiger partial charge in [0.05, 0.1) is 6.10 Å². The molecule has 0 radical (unpaired) electrons. The Morgan fingerprint density at radius 1 is 1.04 bits per heavy atom. The Balaban J connectivity index is 1.84. The van der Waals surface area contributed by atoms with Crippen molar-refractivity contribution in [2.45, 2.75) is 31.5 Å². The van der Waals surface area contributed by atoms with Crippen LogP contribution < -0.4 is 15.8 Å². The molecule has 4 nitrogen and oxygen atoms in total. The van der Waals surface area contributed by atoms with Crippen LogP contribution in [0.15, 0.2) is 54.6 Å². The summed E-state index contributed by atoms with van der Waals surface area (Å²) < 4.78 is 41.1. The zero-order valence-corrected chi connectivity index (χ0v) is 13.5. The second kappa shape index (κ2) is 8.84. The molecule has 0 saturated carbocycles. The molecule has 136 valence electrons. The predicted molar refractivity (Wildman–Crippen MR) is 89.0 cm³/mol. The number of aliphatic hydroxyl groups is 1. The zero-order chi connectivity index (χ0) is 18.3. The fourth-order valence-electron chi connectivity index (χ4n) is 2.40. The first-order chi connectivity index (χ1) is 11.8. The Morgan fingerprint density at radius 3 is 2.36 bits per heavy atom. The highest BCUT2D eigenvalue weighted by Crippen LogP contribution is 2.26. The van der Waals surface area contributed by atoms with E-state index in [0.29, 0.717) is 12.0 Å². The third-order valence-corrected chi connectivity index (χ3v) is 3.68. The van der Waals surface area contributed by atoms with Gasteiger partial charge in [-0.25, -0.2) is 0 Å². The Hall–Kier alpha value is -2.09. The lowest BCUT2D eigenvalue weighted by Gasteiger charge is -2.20. The van der Waals surface area contributed by atoms with E-state index >= 15 is 0 Å². The number of para-hydroxylation sites is 1. The Morgan fingerprint density at radius 2 is 1.68 bits per heavy atom. The van der Waals surface area contributed by atoms with E-state index in [1.807, 2.05) is 30.3 Å². The van der Waals surface area contributed by atoms with Crippen molar-refractivity contribution in [3.05, 3.63) is 65.7 Å². The van der Waals surface area contributed by atoms with Gasteiger partial charge in [-0.15, -0.1) is 13.2 Å².